The van der Waals surface area contributed by atoms with E-state index in [1.165, 1.54) is 10.9 Å². The molecule has 0 spiro atoms. The van der Waals surface area contributed by atoms with E-state index in [-0.39, 0.29) is 5.56 Å². The summed E-state index contributed by atoms with van der Waals surface area (Å²) in [6.45, 7) is -0.109. The van der Waals surface area contributed by atoms with Crippen LogP contribution in [0.4, 0.5) is 13.2 Å². The Labute approximate surface area is 84.5 Å². The molecule has 84 valence electrons. The van der Waals surface area contributed by atoms with Crippen LogP contribution in [-0.2, 0) is 19.3 Å². The van der Waals surface area contributed by atoms with Crippen molar-refractivity contribution in [2.24, 2.45) is 5.92 Å². The third-order valence-electron chi connectivity index (χ3n) is 2.42. The van der Waals surface area contributed by atoms with Crippen LogP contribution in [0.1, 0.15) is 24.1 Å². The van der Waals surface area contributed by atoms with Gasteiger partial charge in [-0.1, -0.05) is 0 Å². The van der Waals surface area contributed by atoms with Gasteiger partial charge in [0.15, 0.2) is 5.69 Å². The summed E-state index contributed by atoms with van der Waals surface area (Å²) in [5.74, 6) is 0.456. The predicted molar refractivity (Wildman–Crippen MR) is 45.9 cm³/mol. The normalized spacial score (nSPS) is 17.1. The molecule has 15 heavy (non-hydrogen) atoms. The maximum absolute atomic E-state index is 12.4. The number of hydrogen-bond acceptors (Lipinski definition) is 2. The fraction of sp³-hybridized carbons (Fsp3) is 0.667. The second kappa shape index (κ2) is 3.52. The summed E-state index contributed by atoms with van der Waals surface area (Å²) in [5, 5.41) is 12.3. The number of aliphatic hydroxyl groups is 1. The summed E-state index contributed by atoms with van der Waals surface area (Å²) >= 11 is 0. The van der Waals surface area contributed by atoms with Gasteiger partial charge < -0.3 is 5.11 Å². The van der Waals surface area contributed by atoms with Gasteiger partial charge in [-0.15, -0.1) is 0 Å². The van der Waals surface area contributed by atoms with Gasteiger partial charge in [-0.3, -0.25) is 4.68 Å². The Morgan fingerprint density at radius 1 is 1.47 bits per heavy atom. The fourth-order valence-electron chi connectivity index (χ4n) is 1.48. The summed E-state index contributed by atoms with van der Waals surface area (Å²) in [5.41, 5.74) is -1.12. The van der Waals surface area contributed by atoms with Gasteiger partial charge in [0, 0.05) is 18.3 Å². The lowest BCUT2D eigenvalue weighted by atomic mass is 10.2. The molecule has 1 aromatic heterocycles. The maximum Gasteiger partial charge on any atom is 0.435 e. The molecule has 0 amide bonds. The van der Waals surface area contributed by atoms with Crippen LogP contribution in [0, 0.1) is 5.92 Å². The highest BCUT2D eigenvalue weighted by atomic mass is 19.4. The van der Waals surface area contributed by atoms with Crippen LogP contribution in [-0.4, -0.2) is 14.9 Å². The number of nitrogens with zero attached hydrogens (tertiary/aromatic N) is 2. The molecule has 0 radical (unpaired) electrons. The molecule has 1 aromatic rings. The predicted octanol–water partition coefficient (Wildman–Crippen LogP) is 1.80. The molecular formula is C9H11F3N2O. The lowest BCUT2D eigenvalue weighted by Crippen LogP contribution is -2.10. The molecule has 2 rings (SSSR count). The van der Waals surface area contributed by atoms with Crippen LogP contribution in [0.15, 0.2) is 6.20 Å². The zero-order valence-corrected chi connectivity index (χ0v) is 7.96. The average Bonchev–Trinajstić information content (AvgIpc) is 2.81. The molecule has 1 saturated carbocycles. The van der Waals surface area contributed by atoms with E-state index in [9.17, 15) is 13.2 Å². The Balaban J connectivity index is 2.23. The Morgan fingerprint density at radius 2 is 2.13 bits per heavy atom. The molecule has 0 aromatic carbocycles. The topological polar surface area (TPSA) is 38.0 Å². The third kappa shape index (κ3) is 2.31. The number of halogens is 3. The smallest absolute Gasteiger partial charge is 0.392 e. The van der Waals surface area contributed by atoms with E-state index >= 15 is 0 Å². The van der Waals surface area contributed by atoms with Crippen molar-refractivity contribution in [1.29, 1.82) is 0 Å². The number of alkyl halides is 3. The van der Waals surface area contributed by atoms with E-state index < -0.39 is 18.5 Å². The van der Waals surface area contributed by atoms with Crippen molar-refractivity contribution in [2.45, 2.75) is 32.2 Å². The fourth-order valence-corrected chi connectivity index (χ4v) is 1.48. The van der Waals surface area contributed by atoms with Crippen LogP contribution in [0.2, 0.25) is 0 Å². The molecule has 0 saturated heterocycles. The number of hydrogen-bond donors (Lipinski definition) is 1. The van der Waals surface area contributed by atoms with Crippen molar-refractivity contribution in [3.05, 3.63) is 17.5 Å². The van der Waals surface area contributed by atoms with E-state index in [1.54, 1.807) is 0 Å². The van der Waals surface area contributed by atoms with E-state index in [4.69, 9.17) is 5.11 Å². The van der Waals surface area contributed by atoms with Crippen molar-refractivity contribution in [3.8, 4) is 0 Å². The van der Waals surface area contributed by atoms with Crippen molar-refractivity contribution in [2.75, 3.05) is 0 Å². The molecule has 0 aliphatic heterocycles. The quantitative estimate of drug-likeness (QED) is 0.843. The van der Waals surface area contributed by atoms with Gasteiger partial charge in [0.1, 0.15) is 0 Å². The molecule has 0 bridgehead atoms. The second-order valence-electron chi connectivity index (χ2n) is 3.82. The van der Waals surface area contributed by atoms with Crippen molar-refractivity contribution < 1.29 is 18.3 Å². The summed E-state index contributed by atoms with van der Waals surface area (Å²) in [6.07, 6.45) is -1.10. The molecular weight excluding hydrogens is 209 g/mol. The Bertz CT molecular complexity index is 355. The largest absolute Gasteiger partial charge is 0.435 e. The molecule has 1 aliphatic carbocycles. The minimum atomic E-state index is -4.48. The van der Waals surface area contributed by atoms with E-state index in [0.717, 1.165) is 12.8 Å². The van der Waals surface area contributed by atoms with E-state index in [0.29, 0.717) is 12.5 Å². The molecule has 0 unspecified atom stereocenters. The minimum Gasteiger partial charge on any atom is -0.392 e. The van der Waals surface area contributed by atoms with Crippen molar-refractivity contribution >= 4 is 0 Å². The zero-order chi connectivity index (χ0) is 11.1. The minimum absolute atomic E-state index is 0.150. The van der Waals surface area contributed by atoms with Crippen LogP contribution in [0.25, 0.3) is 0 Å². The van der Waals surface area contributed by atoms with Gasteiger partial charge in [0.2, 0.25) is 0 Å². The number of aliphatic hydroxyl groups excluding tert-OH is 1. The monoisotopic (exact) mass is 220 g/mol. The van der Waals surface area contributed by atoms with Crippen LogP contribution >= 0.6 is 0 Å². The lowest BCUT2D eigenvalue weighted by molar-refractivity contribution is -0.142. The summed E-state index contributed by atoms with van der Waals surface area (Å²) in [6, 6.07) is 0. The van der Waals surface area contributed by atoms with Gasteiger partial charge in [-0.25, -0.2) is 0 Å². The Kier molecular flexibility index (Phi) is 2.46. The summed E-state index contributed by atoms with van der Waals surface area (Å²) in [7, 11) is 0. The summed E-state index contributed by atoms with van der Waals surface area (Å²) in [4.78, 5) is 0. The van der Waals surface area contributed by atoms with Crippen molar-refractivity contribution in [1.82, 2.24) is 9.78 Å². The SMILES string of the molecule is OCc1cn(CC2CC2)nc1C(F)(F)F. The highest BCUT2D eigenvalue weighted by Gasteiger charge is 2.37. The summed E-state index contributed by atoms with van der Waals surface area (Å²) < 4.78 is 38.5. The number of aromatic nitrogens is 2. The molecule has 6 heteroatoms. The van der Waals surface area contributed by atoms with Crippen LogP contribution in [0.3, 0.4) is 0 Å². The molecule has 1 fully saturated rings. The Morgan fingerprint density at radius 3 is 2.53 bits per heavy atom. The lowest BCUT2D eigenvalue weighted by Gasteiger charge is -2.03. The highest BCUT2D eigenvalue weighted by Crippen LogP contribution is 2.33. The van der Waals surface area contributed by atoms with Gasteiger partial charge in [0.25, 0.3) is 0 Å². The van der Waals surface area contributed by atoms with Crippen molar-refractivity contribution in [3.63, 3.8) is 0 Å². The molecule has 0 atom stereocenters. The van der Waals surface area contributed by atoms with E-state index in [2.05, 4.69) is 5.10 Å². The second-order valence-corrected chi connectivity index (χ2v) is 3.82. The maximum atomic E-state index is 12.4. The first-order valence-electron chi connectivity index (χ1n) is 4.75. The molecule has 1 aliphatic rings. The van der Waals surface area contributed by atoms with Gasteiger partial charge in [0.05, 0.1) is 6.61 Å². The molecule has 1 heterocycles. The first-order chi connectivity index (χ1) is 7.00. The third-order valence-corrected chi connectivity index (χ3v) is 2.42. The molecule has 3 nitrogen and oxygen atoms in total. The van der Waals surface area contributed by atoms with Gasteiger partial charge >= 0.3 is 6.18 Å². The van der Waals surface area contributed by atoms with Crippen LogP contribution in [0.5, 0.6) is 0 Å². The number of rotatable bonds is 3. The highest BCUT2D eigenvalue weighted by molar-refractivity contribution is 5.19. The first-order valence-corrected chi connectivity index (χ1v) is 4.75. The van der Waals surface area contributed by atoms with E-state index in [1.807, 2.05) is 0 Å². The molecule has 1 N–H and O–H groups in total. The zero-order valence-electron chi connectivity index (χ0n) is 7.96. The average molecular weight is 220 g/mol. The first kappa shape index (κ1) is 10.5. The Hall–Kier alpha value is -1.04. The standard InChI is InChI=1S/C9H11F3N2O/c10-9(11,12)8-7(5-15)4-14(13-8)3-6-1-2-6/h4,6,15H,1-3,5H2. The van der Waals surface area contributed by atoms with Crippen LogP contribution < -0.4 is 0 Å². The van der Waals surface area contributed by atoms with Gasteiger partial charge in [-0.05, 0) is 18.8 Å². The van der Waals surface area contributed by atoms with Gasteiger partial charge in [-0.2, -0.15) is 18.3 Å².